The van der Waals surface area contributed by atoms with Crippen LogP contribution in [0.25, 0.3) is 10.8 Å². The first kappa shape index (κ1) is 22.7. The molecule has 0 aliphatic carbocycles. The van der Waals surface area contributed by atoms with Crippen LogP contribution in [0.4, 0.5) is 5.82 Å². The van der Waals surface area contributed by atoms with Crippen molar-refractivity contribution < 1.29 is 19.1 Å². The fourth-order valence-electron chi connectivity index (χ4n) is 5.83. The summed E-state index contributed by atoms with van der Waals surface area (Å²) in [5.74, 6) is 0.360. The minimum Gasteiger partial charge on any atom is -0.380 e. The number of hydrogen-bond donors (Lipinski definition) is 0. The third-order valence-corrected chi connectivity index (χ3v) is 7.62. The summed E-state index contributed by atoms with van der Waals surface area (Å²) < 4.78 is 5.61. The zero-order chi connectivity index (χ0) is 24.8. The molecule has 3 aliphatic heterocycles. The number of pyridine rings is 1. The van der Waals surface area contributed by atoms with Crippen LogP contribution in [0.15, 0.2) is 54.7 Å². The second-order valence-electron chi connectivity index (χ2n) is 9.73. The molecule has 1 aromatic heterocycles. The molecule has 0 spiro atoms. The van der Waals surface area contributed by atoms with Gasteiger partial charge in [0.1, 0.15) is 5.82 Å². The van der Waals surface area contributed by atoms with Gasteiger partial charge in [0.05, 0.1) is 12.1 Å². The van der Waals surface area contributed by atoms with Crippen LogP contribution in [0.3, 0.4) is 0 Å². The Morgan fingerprint density at radius 2 is 1.78 bits per heavy atom. The van der Waals surface area contributed by atoms with Crippen LogP contribution in [0, 0.1) is 0 Å². The Hall–Kier alpha value is -3.78. The summed E-state index contributed by atoms with van der Waals surface area (Å²) >= 11 is 0. The predicted molar refractivity (Wildman–Crippen MR) is 135 cm³/mol. The van der Waals surface area contributed by atoms with Gasteiger partial charge in [0, 0.05) is 68.0 Å². The molecular formula is C28H28N4O4. The van der Waals surface area contributed by atoms with E-state index in [0.717, 1.165) is 35.1 Å². The molecule has 3 aromatic rings. The van der Waals surface area contributed by atoms with Crippen LogP contribution in [0.1, 0.15) is 45.5 Å². The van der Waals surface area contributed by atoms with E-state index >= 15 is 0 Å². The first-order valence-electron chi connectivity index (χ1n) is 12.4. The lowest BCUT2D eigenvalue weighted by atomic mass is 9.94. The Bertz CT molecular complexity index is 1320. The zero-order valence-corrected chi connectivity index (χ0v) is 20.2. The number of amides is 3. The van der Waals surface area contributed by atoms with Gasteiger partial charge in [-0.1, -0.05) is 30.3 Å². The molecule has 6 rings (SSSR count). The standard InChI is InChI=1S/C28H28N4O4/c1-36-21-14-20-16-30(15-19-8-4-12-29-26(19)32(20)17-21)24(33)11-5-13-31-27(34)22-9-2-6-18-7-3-10-23(25(18)22)28(31)35/h2-4,6-10,12,20-21H,5,11,13-17H2,1H3/t20-,21+/m0/s1. The normalized spacial score (nSPS) is 21.0. The van der Waals surface area contributed by atoms with Gasteiger partial charge >= 0.3 is 0 Å². The fraction of sp³-hybridized carbons (Fsp3) is 0.357. The molecule has 4 heterocycles. The molecule has 8 heteroatoms. The lowest BCUT2D eigenvalue weighted by molar-refractivity contribution is -0.132. The maximum absolute atomic E-state index is 13.3. The van der Waals surface area contributed by atoms with Crippen LogP contribution >= 0.6 is 0 Å². The van der Waals surface area contributed by atoms with Crippen molar-refractivity contribution in [2.75, 3.05) is 31.6 Å². The Labute approximate surface area is 209 Å². The summed E-state index contributed by atoms with van der Waals surface area (Å²) in [5, 5.41) is 1.60. The molecule has 0 N–H and O–H groups in total. The quantitative estimate of drug-likeness (QED) is 0.517. The van der Waals surface area contributed by atoms with E-state index < -0.39 is 0 Å². The van der Waals surface area contributed by atoms with E-state index in [2.05, 4.69) is 9.88 Å². The van der Waals surface area contributed by atoms with Gasteiger partial charge in [0.15, 0.2) is 0 Å². The van der Waals surface area contributed by atoms with E-state index in [1.54, 1.807) is 25.4 Å². The topological polar surface area (TPSA) is 83.0 Å². The first-order chi connectivity index (χ1) is 17.5. The highest BCUT2D eigenvalue weighted by Gasteiger charge is 2.38. The molecule has 36 heavy (non-hydrogen) atoms. The summed E-state index contributed by atoms with van der Waals surface area (Å²) in [4.78, 5) is 49.7. The fourth-order valence-corrected chi connectivity index (χ4v) is 5.83. The molecule has 0 unspecified atom stereocenters. The number of hydrogen-bond acceptors (Lipinski definition) is 6. The average molecular weight is 485 g/mol. The lowest BCUT2D eigenvalue weighted by Crippen LogP contribution is -2.42. The second-order valence-corrected chi connectivity index (χ2v) is 9.73. The minimum absolute atomic E-state index is 0.0203. The van der Waals surface area contributed by atoms with Crippen molar-refractivity contribution in [2.45, 2.75) is 38.0 Å². The largest absolute Gasteiger partial charge is 0.380 e. The number of ether oxygens (including phenoxy) is 1. The first-order valence-corrected chi connectivity index (χ1v) is 12.4. The van der Waals surface area contributed by atoms with E-state index in [9.17, 15) is 14.4 Å². The Kier molecular flexibility index (Phi) is 5.68. The molecule has 3 aliphatic rings. The number of methoxy groups -OCH3 is 1. The van der Waals surface area contributed by atoms with Crippen LogP contribution < -0.4 is 4.90 Å². The van der Waals surface area contributed by atoms with Gasteiger partial charge in [-0.25, -0.2) is 4.98 Å². The molecule has 184 valence electrons. The van der Waals surface area contributed by atoms with Crippen molar-refractivity contribution in [2.24, 2.45) is 0 Å². The van der Waals surface area contributed by atoms with Gasteiger partial charge in [-0.3, -0.25) is 19.3 Å². The lowest BCUT2D eigenvalue weighted by Gasteiger charge is -2.28. The van der Waals surface area contributed by atoms with Crippen molar-refractivity contribution in [3.8, 4) is 0 Å². The van der Waals surface area contributed by atoms with E-state index in [1.807, 2.05) is 41.3 Å². The van der Waals surface area contributed by atoms with E-state index in [-0.39, 0.29) is 42.8 Å². The van der Waals surface area contributed by atoms with Gasteiger partial charge in [-0.15, -0.1) is 0 Å². The second kappa shape index (κ2) is 9.02. The molecule has 2 aromatic carbocycles. The van der Waals surface area contributed by atoms with Crippen molar-refractivity contribution in [3.05, 3.63) is 71.4 Å². The highest BCUT2D eigenvalue weighted by atomic mass is 16.5. The van der Waals surface area contributed by atoms with Crippen molar-refractivity contribution in [1.29, 1.82) is 0 Å². The van der Waals surface area contributed by atoms with Gasteiger partial charge < -0.3 is 14.5 Å². The Morgan fingerprint density at radius 1 is 1.03 bits per heavy atom. The number of anilines is 1. The van der Waals surface area contributed by atoms with Crippen molar-refractivity contribution in [3.63, 3.8) is 0 Å². The monoisotopic (exact) mass is 484 g/mol. The van der Waals surface area contributed by atoms with Crippen LogP contribution in [0.5, 0.6) is 0 Å². The van der Waals surface area contributed by atoms with Crippen LogP contribution in [0.2, 0.25) is 0 Å². The smallest absolute Gasteiger partial charge is 0.261 e. The molecule has 2 atom stereocenters. The van der Waals surface area contributed by atoms with Gasteiger partial charge in [-0.05, 0) is 36.4 Å². The summed E-state index contributed by atoms with van der Waals surface area (Å²) in [7, 11) is 1.72. The highest BCUT2D eigenvalue weighted by Crippen LogP contribution is 2.33. The third kappa shape index (κ3) is 3.73. The van der Waals surface area contributed by atoms with Gasteiger partial charge in [-0.2, -0.15) is 0 Å². The van der Waals surface area contributed by atoms with Gasteiger partial charge in [0.2, 0.25) is 5.91 Å². The summed E-state index contributed by atoms with van der Waals surface area (Å²) in [6, 6.07) is 15.1. The number of carbonyl (C=O) groups excluding carboxylic acids is 3. The van der Waals surface area contributed by atoms with Crippen LogP contribution in [-0.4, -0.2) is 71.4 Å². The van der Waals surface area contributed by atoms with Crippen LogP contribution in [-0.2, 0) is 16.1 Å². The van der Waals surface area contributed by atoms with Crippen molar-refractivity contribution >= 4 is 34.3 Å². The van der Waals surface area contributed by atoms with Crippen molar-refractivity contribution in [1.82, 2.24) is 14.8 Å². The van der Waals surface area contributed by atoms with E-state index in [0.29, 0.717) is 30.6 Å². The highest BCUT2D eigenvalue weighted by molar-refractivity contribution is 6.25. The summed E-state index contributed by atoms with van der Waals surface area (Å²) in [5.41, 5.74) is 2.11. The van der Waals surface area contributed by atoms with Gasteiger partial charge in [0.25, 0.3) is 11.8 Å². The zero-order valence-electron chi connectivity index (χ0n) is 20.2. The predicted octanol–water partition coefficient (Wildman–Crippen LogP) is 3.25. The number of benzene rings is 2. The molecule has 0 saturated carbocycles. The molecule has 8 nitrogen and oxygen atoms in total. The summed E-state index contributed by atoms with van der Waals surface area (Å²) in [6.45, 7) is 2.08. The SMILES string of the molecule is CO[C@@H]1C[C@H]2CN(C(=O)CCCN3C(=O)c4cccc5cccc(c45)C3=O)Cc3cccnc3N2C1. The number of aromatic nitrogens is 1. The molecular weight excluding hydrogens is 456 g/mol. The Balaban J connectivity index is 1.15. The molecule has 0 bridgehead atoms. The third-order valence-electron chi connectivity index (χ3n) is 7.62. The number of imide groups is 1. The average Bonchev–Trinajstić information content (AvgIpc) is 3.24. The molecule has 1 fully saturated rings. The number of rotatable bonds is 5. The Morgan fingerprint density at radius 3 is 2.50 bits per heavy atom. The number of nitrogens with zero attached hydrogens (tertiary/aromatic N) is 4. The molecule has 3 amide bonds. The van der Waals surface area contributed by atoms with E-state index in [4.69, 9.17) is 4.74 Å². The number of fused-ring (bicyclic) bond motifs is 3. The summed E-state index contributed by atoms with van der Waals surface area (Å²) in [6.07, 6.45) is 3.43. The number of carbonyl (C=O) groups is 3. The maximum atomic E-state index is 13.3. The maximum Gasteiger partial charge on any atom is 0.261 e. The van der Waals surface area contributed by atoms with E-state index in [1.165, 1.54) is 4.90 Å². The molecule has 1 saturated heterocycles. The molecule has 0 radical (unpaired) electrons. The minimum atomic E-state index is -0.293.